The molecule has 0 N–H and O–H groups in total. The molecule has 2 aliphatic rings. The average molecular weight is 291 g/mol. The van der Waals surface area contributed by atoms with Gasteiger partial charge in [-0.2, -0.15) is 0 Å². The van der Waals surface area contributed by atoms with Crippen LogP contribution >= 0.6 is 0 Å². The molecular formula is C15H18FN3O2. The fourth-order valence-electron chi connectivity index (χ4n) is 2.75. The van der Waals surface area contributed by atoms with Crippen LogP contribution in [0.2, 0.25) is 0 Å². The normalized spacial score (nSPS) is 19.3. The molecule has 2 heterocycles. The Morgan fingerprint density at radius 1 is 1.10 bits per heavy atom. The molecule has 6 heteroatoms. The fourth-order valence-corrected chi connectivity index (χ4v) is 2.75. The summed E-state index contributed by atoms with van der Waals surface area (Å²) >= 11 is 0. The van der Waals surface area contributed by atoms with E-state index in [9.17, 15) is 14.0 Å². The molecule has 1 aliphatic carbocycles. The van der Waals surface area contributed by atoms with Crippen LogP contribution in [0.15, 0.2) is 18.5 Å². The van der Waals surface area contributed by atoms with E-state index >= 15 is 0 Å². The lowest BCUT2D eigenvalue weighted by Gasteiger charge is -2.38. The molecule has 1 aromatic heterocycles. The zero-order chi connectivity index (χ0) is 14.8. The van der Waals surface area contributed by atoms with Gasteiger partial charge in [-0.3, -0.25) is 14.6 Å². The second kappa shape index (κ2) is 5.79. The summed E-state index contributed by atoms with van der Waals surface area (Å²) in [5.41, 5.74) is 0.258. The van der Waals surface area contributed by atoms with Crippen LogP contribution in [-0.2, 0) is 4.79 Å². The first-order valence-corrected chi connectivity index (χ1v) is 7.34. The molecular weight excluding hydrogens is 273 g/mol. The average Bonchev–Trinajstić information content (AvgIpc) is 2.45. The fraction of sp³-hybridized carbons (Fsp3) is 0.533. The molecule has 0 spiro atoms. The van der Waals surface area contributed by atoms with Crippen molar-refractivity contribution in [3.05, 3.63) is 29.8 Å². The molecule has 1 aromatic rings. The third kappa shape index (κ3) is 2.89. The summed E-state index contributed by atoms with van der Waals surface area (Å²) in [6.45, 7) is 2.11. The van der Waals surface area contributed by atoms with Crippen LogP contribution in [0.3, 0.4) is 0 Å². The molecule has 2 amide bonds. The summed E-state index contributed by atoms with van der Waals surface area (Å²) in [5, 5.41) is 0. The third-order valence-corrected chi connectivity index (χ3v) is 4.28. The zero-order valence-electron chi connectivity index (χ0n) is 11.8. The highest BCUT2D eigenvalue weighted by molar-refractivity contribution is 5.94. The van der Waals surface area contributed by atoms with Crippen molar-refractivity contribution in [2.45, 2.75) is 19.3 Å². The number of hydrogen-bond acceptors (Lipinski definition) is 3. The predicted octanol–water partition coefficient (Wildman–Crippen LogP) is 1.31. The maximum atomic E-state index is 13.1. The summed E-state index contributed by atoms with van der Waals surface area (Å²) in [7, 11) is 0. The Morgan fingerprint density at radius 2 is 1.76 bits per heavy atom. The van der Waals surface area contributed by atoms with Crippen molar-refractivity contribution in [3.8, 4) is 0 Å². The number of piperazine rings is 1. The number of carbonyl (C=O) groups excluding carboxylic acids is 2. The summed E-state index contributed by atoms with van der Waals surface area (Å²) in [4.78, 5) is 31.6. The summed E-state index contributed by atoms with van der Waals surface area (Å²) in [6, 6.07) is 1.20. The van der Waals surface area contributed by atoms with Crippen molar-refractivity contribution < 1.29 is 14.0 Å². The third-order valence-electron chi connectivity index (χ3n) is 4.28. The Bertz CT molecular complexity index is 552. The van der Waals surface area contributed by atoms with Crippen LogP contribution in [0.4, 0.5) is 4.39 Å². The molecule has 1 saturated carbocycles. The molecule has 0 bridgehead atoms. The molecule has 0 atom stereocenters. The number of carbonyl (C=O) groups is 2. The van der Waals surface area contributed by atoms with E-state index in [1.807, 2.05) is 4.90 Å². The molecule has 0 aromatic carbocycles. The highest BCUT2D eigenvalue weighted by Crippen LogP contribution is 2.28. The summed E-state index contributed by atoms with van der Waals surface area (Å²) < 4.78 is 13.1. The predicted molar refractivity (Wildman–Crippen MR) is 74.0 cm³/mol. The van der Waals surface area contributed by atoms with E-state index in [1.165, 1.54) is 12.3 Å². The SMILES string of the molecule is O=C(c1cncc(F)c1)N1CCN(C(=O)C2CCC2)CC1. The molecule has 1 saturated heterocycles. The van der Waals surface area contributed by atoms with Crippen LogP contribution in [0.5, 0.6) is 0 Å². The number of aromatic nitrogens is 1. The lowest BCUT2D eigenvalue weighted by atomic mass is 9.84. The van der Waals surface area contributed by atoms with Gasteiger partial charge in [-0.1, -0.05) is 6.42 Å². The molecule has 3 rings (SSSR count). The summed E-state index contributed by atoms with van der Waals surface area (Å²) in [5.74, 6) is -0.321. The van der Waals surface area contributed by atoms with Crippen molar-refractivity contribution in [1.29, 1.82) is 0 Å². The maximum absolute atomic E-state index is 13.1. The van der Waals surface area contributed by atoms with E-state index in [0.29, 0.717) is 26.2 Å². The second-order valence-electron chi connectivity index (χ2n) is 5.64. The first-order chi connectivity index (χ1) is 10.1. The smallest absolute Gasteiger partial charge is 0.255 e. The van der Waals surface area contributed by atoms with Gasteiger partial charge in [0.05, 0.1) is 11.8 Å². The summed E-state index contributed by atoms with van der Waals surface area (Å²) in [6.07, 6.45) is 5.57. The van der Waals surface area contributed by atoms with Gasteiger partial charge >= 0.3 is 0 Å². The van der Waals surface area contributed by atoms with Crippen molar-refractivity contribution >= 4 is 11.8 Å². The molecule has 0 unspecified atom stereocenters. The van der Waals surface area contributed by atoms with Crippen LogP contribution in [0.25, 0.3) is 0 Å². The van der Waals surface area contributed by atoms with Gasteiger partial charge < -0.3 is 9.80 Å². The van der Waals surface area contributed by atoms with Crippen molar-refractivity contribution in [2.75, 3.05) is 26.2 Å². The highest BCUT2D eigenvalue weighted by atomic mass is 19.1. The largest absolute Gasteiger partial charge is 0.339 e. The number of pyridine rings is 1. The molecule has 0 radical (unpaired) electrons. The Labute approximate surface area is 122 Å². The van der Waals surface area contributed by atoms with E-state index in [0.717, 1.165) is 25.5 Å². The van der Waals surface area contributed by atoms with Gasteiger partial charge in [-0.05, 0) is 18.9 Å². The lowest BCUT2D eigenvalue weighted by Crippen LogP contribution is -2.52. The van der Waals surface area contributed by atoms with Gasteiger partial charge in [0.2, 0.25) is 5.91 Å². The molecule has 1 aliphatic heterocycles. The Hall–Kier alpha value is -1.98. The van der Waals surface area contributed by atoms with E-state index in [-0.39, 0.29) is 23.3 Å². The Kier molecular flexibility index (Phi) is 3.86. The Balaban J connectivity index is 1.57. The second-order valence-corrected chi connectivity index (χ2v) is 5.64. The van der Waals surface area contributed by atoms with Crippen LogP contribution < -0.4 is 0 Å². The van der Waals surface area contributed by atoms with E-state index in [1.54, 1.807) is 4.90 Å². The lowest BCUT2D eigenvalue weighted by molar-refractivity contribution is -0.139. The Morgan fingerprint density at radius 3 is 2.33 bits per heavy atom. The number of amides is 2. The standard InChI is InChI=1S/C15H18FN3O2/c16-13-8-12(9-17-10-13)15(21)19-6-4-18(5-7-19)14(20)11-2-1-3-11/h8-11H,1-7H2. The van der Waals surface area contributed by atoms with Crippen molar-refractivity contribution in [2.24, 2.45) is 5.92 Å². The van der Waals surface area contributed by atoms with Gasteiger partial charge in [-0.15, -0.1) is 0 Å². The monoisotopic (exact) mass is 291 g/mol. The minimum atomic E-state index is -0.514. The topological polar surface area (TPSA) is 53.5 Å². The zero-order valence-corrected chi connectivity index (χ0v) is 11.8. The maximum Gasteiger partial charge on any atom is 0.255 e. The van der Waals surface area contributed by atoms with E-state index in [2.05, 4.69) is 4.98 Å². The van der Waals surface area contributed by atoms with E-state index in [4.69, 9.17) is 0 Å². The van der Waals surface area contributed by atoms with Crippen molar-refractivity contribution in [3.63, 3.8) is 0 Å². The number of halogens is 1. The van der Waals surface area contributed by atoms with Gasteiger partial charge in [0.25, 0.3) is 5.91 Å². The van der Waals surface area contributed by atoms with Gasteiger partial charge in [0.1, 0.15) is 5.82 Å². The van der Waals surface area contributed by atoms with Crippen LogP contribution in [0.1, 0.15) is 29.6 Å². The van der Waals surface area contributed by atoms with Crippen LogP contribution in [0, 0.1) is 11.7 Å². The van der Waals surface area contributed by atoms with Gasteiger partial charge in [-0.25, -0.2) is 4.39 Å². The number of nitrogens with zero attached hydrogens (tertiary/aromatic N) is 3. The van der Waals surface area contributed by atoms with Crippen LogP contribution in [-0.4, -0.2) is 52.8 Å². The van der Waals surface area contributed by atoms with E-state index < -0.39 is 5.82 Å². The number of hydrogen-bond donors (Lipinski definition) is 0. The van der Waals surface area contributed by atoms with Crippen molar-refractivity contribution in [1.82, 2.24) is 14.8 Å². The van der Waals surface area contributed by atoms with Gasteiger partial charge in [0.15, 0.2) is 0 Å². The number of rotatable bonds is 2. The minimum absolute atomic E-state index is 0.194. The highest BCUT2D eigenvalue weighted by Gasteiger charge is 2.32. The first-order valence-electron chi connectivity index (χ1n) is 7.34. The first kappa shape index (κ1) is 14.0. The molecule has 2 fully saturated rings. The quantitative estimate of drug-likeness (QED) is 0.825. The van der Waals surface area contributed by atoms with Gasteiger partial charge in [0, 0.05) is 38.3 Å². The molecule has 112 valence electrons. The molecule has 21 heavy (non-hydrogen) atoms. The minimum Gasteiger partial charge on any atom is -0.339 e. The molecule has 5 nitrogen and oxygen atoms in total.